The molecule has 1 aliphatic heterocycles. The van der Waals surface area contributed by atoms with E-state index in [4.69, 9.17) is 0 Å². The summed E-state index contributed by atoms with van der Waals surface area (Å²) in [6.45, 7) is 0.0932. The highest BCUT2D eigenvalue weighted by molar-refractivity contribution is 5.95. The SMILES string of the molecule is O=C(CCC1CCCCC1)NNC(=O)C1=CN(CC(=O)Nc2ccccc2)C=CC1. The van der Waals surface area contributed by atoms with Crippen molar-refractivity contribution >= 4 is 23.4 Å². The minimum absolute atomic E-state index is 0.0932. The molecule has 0 radical (unpaired) electrons. The van der Waals surface area contributed by atoms with E-state index < -0.39 is 0 Å². The first-order valence-electron chi connectivity index (χ1n) is 10.7. The van der Waals surface area contributed by atoms with Gasteiger partial charge in [0.05, 0.1) is 0 Å². The highest BCUT2D eigenvalue weighted by Gasteiger charge is 2.17. The number of benzene rings is 1. The van der Waals surface area contributed by atoms with Crippen LogP contribution in [-0.2, 0) is 14.4 Å². The van der Waals surface area contributed by atoms with Crippen molar-refractivity contribution in [1.82, 2.24) is 15.8 Å². The van der Waals surface area contributed by atoms with Crippen molar-refractivity contribution in [2.45, 2.75) is 51.4 Å². The maximum atomic E-state index is 12.4. The molecule has 0 aromatic heterocycles. The van der Waals surface area contributed by atoms with E-state index in [9.17, 15) is 14.4 Å². The van der Waals surface area contributed by atoms with Crippen molar-refractivity contribution in [3.63, 3.8) is 0 Å². The largest absolute Gasteiger partial charge is 0.345 e. The lowest BCUT2D eigenvalue weighted by Gasteiger charge is -2.22. The Bertz CT molecular complexity index is 798. The van der Waals surface area contributed by atoms with E-state index in [1.54, 1.807) is 17.3 Å². The maximum absolute atomic E-state index is 12.4. The summed E-state index contributed by atoms with van der Waals surface area (Å²) in [5.74, 6) is -0.0828. The van der Waals surface area contributed by atoms with Crippen molar-refractivity contribution in [2.75, 3.05) is 11.9 Å². The van der Waals surface area contributed by atoms with Crippen molar-refractivity contribution in [1.29, 1.82) is 0 Å². The van der Waals surface area contributed by atoms with Crippen molar-refractivity contribution in [3.05, 3.63) is 54.4 Å². The smallest absolute Gasteiger partial charge is 0.267 e. The topological polar surface area (TPSA) is 90.5 Å². The van der Waals surface area contributed by atoms with Gasteiger partial charge in [-0.2, -0.15) is 0 Å². The van der Waals surface area contributed by atoms with Gasteiger partial charge in [0.2, 0.25) is 11.8 Å². The van der Waals surface area contributed by atoms with Crippen LogP contribution >= 0.6 is 0 Å². The molecule has 3 amide bonds. The van der Waals surface area contributed by atoms with Gasteiger partial charge < -0.3 is 10.2 Å². The second-order valence-electron chi connectivity index (χ2n) is 7.87. The third-order valence-corrected chi connectivity index (χ3v) is 5.45. The quantitative estimate of drug-likeness (QED) is 0.602. The van der Waals surface area contributed by atoms with Crippen molar-refractivity contribution in [2.24, 2.45) is 5.92 Å². The van der Waals surface area contributed by atoms with Crippen LogP contribution in [0.15, 0.2) is 54.4 Å². The number of anilines is 1. The van der Waals surface area contributed by atoms with E-state index >= 15 is 0 Å². The summed E-state index contributed by atoms with van der Waals surface area (Å²) in [7, 11) is 0. The van der Waals surface area contributed by atoms with E-state index in [1.165, 1.54) is 32.1 Å². The third-order valence-electron chi connectivity index (χ3n) is 5.45. The molecule has 1 aliphatic carbocycles. The predicted molar refractivity (Wildman–Crippen MR) is 116 cm³/mol. The monoisotopic (exact) mass is 410 g/mol. The first-order valence-corrected chi connectivity index (χ1v) is 10.7. The Kier molecular flexibility index (Phi) is 8.06. The van der Waals surface area contributed by atoms with Gasteiger partial charge in [-0.25, -0.2) is 0 Å². The lowest BCUT2D eigenvalue weighted by Crippen LogP contribution is -2.43. The molecule has 1 heterocycles. The number of nitrogens with zero attached hydrogens (tertiary/aromatic N) is 1. The standard InChI is InChI=1S/C23H30N4O3/c28-21(14-13-18-8-3-1-4-9-18)25-26-23(30)19-10-7-15-27(16-19)17-22(29)24-20-11-5-2-6-12-20/h2,5-7,11-12,15-16,18H,1,3-4,8-10,13-14,17H2,(H,24,29)(H,25,28)(H,26,30). The van der Waals surface area contributed by atoms with Crippen LogP contribution in [0.1, 0.15) is 51.4 Å². The number of para-hydroxylation sites is 1. The summed E-state index contributed by atoms with van der Waals surface area (Å²) >= 11 is 0. The molecular formula is C23H30N4O3. The summed E-state index contributed by atoms with van der Waals surface area (Å²) in [6, 6.07) is 9.21. The van der Waals surface area contributed by atoms with Gasteiger partial charge in [-0.1, -0.05) is 56.4 Å². The van der Waals surface area contributed by atoms with Gasteiger partial charge in [0.25, 0.3) is 5.91 Å². The minimum Gasteiger partial charge on any atom is -0.345 e. The Labute approximate surface area is 177 Å². The normalized spacial score (nSPS) is 16.5. The fourth-order valence-electron chi connectivity index (χ4n) is 3.83. The second-order valence-corrected chi connectivity index (χ2v) is 7.87. The number of nitrogens with one attached hydrogen (secondary N) is 3. The zero-order chi connectivity index (χ0) is 21.2. The molecule has 1 saturated carbocycles. The molecule has 30 heavy (non-hydrogen) atoms. The number of hydrazine groups is 1. The molecule has 3 rings (SSSR count). The van der Waals surface area contributed by atoms with E-state index in [-0.39, 0.29) is 24.3 Å². The Balaban J connectivity index is 1.40. The zero-order valence-electron chi connectivity index (χ0n) is 17.2. The molecule has 7 nitrogen and oxygen atoms in total. The molecule has 160 valence electrons. The van der Waals surface area contributed by atoms with Crippen LogP contribution in [0.3, 0.4) is 0 Å². The minimum atomic E-state index is -0.362. The third kappa shape index (κ3) is 7.06. The first-order chi connectivity index (χ1) is 14.6. The highest BCUT2D eigenvalue weighted by Crippen LogP contribution is 2.27. The number of rotatable bonds is 7. The number of allylic oxidation sites excluding steroid dienone is 1. The van der Waals surface area contributed by atoms with Crippen LogP contribution in [0.5, 0.6) is 0 Å². The maximum Gasteiger partial charge on any atom is 0.267 e. The molecule has 2 aliphatic rings. The van der Waals surface area contributed by atoms with Gasteiger partial charge in [0.15, 0.2) is 0 Å². The van der Waals surface area contributed by atoms with Gasteiger partial charge in [-0.15, -0.1) is 0 Å². The Hall–Kier alpha value is -3.09. The summed E-state index contributed by atoms with van der Waals surface area (Å²) in [5, 5.41) is 2.81. The Morgan fingerprint density at radius 1 is 0.967 bits per heavy atom. The van der Waals surface area contributed by atoms with Gasteiger partial charge in [0.1, 0.15) is 6.54 Å². The summed E-state index contributed by atoms with van der Waals surface area (Å²) < 4.78 is 0. The Morgan fingerprint density at radius 3 is 2.50 bits per heavy atom. The molecule has 1 aromatic carbocycles. The lowest BCUT2D eigenvalue weighted by atomic mass is 9.86. The predicted octanol–water partition coefficient (Wildman–Crippen LogP) is 3.24. The molecule has 1 aromatic rings. The zero-order valence-corrected chi connectivity index (χ0v) is 17.2. The second kappa shape index (κ2) is 11.2. The van der Waals surface area contributed by atoms with E-state index in [2.05, 4.69) is 16.2 Å². The van der Waals surface area contributed by atoms with Crippen LogP contribution in [0.4, 0.5) is 5.69 Å². The molecule has 0 unspecified atom stereocenters. The van der Waals surface area contributed by atoms with Crippen LogP contribution < -0.4 is 16.2 Å². The van der Waals surface area contributed by atoms with Gasteiger partial charge >= 0.3 is 0 Å². The summed E-state index contributed by atoms with van der Waals surface area (Å²) in [6.07, 6.45) is 13.2. The molecule has 0 spiro atoms. The molecule has 0 saturated heterocycles. The van der Waals surface area contributed by atoms with Crippen LogP contribution in [0, 0.1) is 5.92 Å². The lowest BCUT2D eigenvalue weighted by molar-refractivity contribution is -0.127. The number of carbonyl (C=O) groups excluding carboxylic acids is 3. The molecule has 0 bridgehead atoms. The van der Waals surface area contributed by atoms with Crippen LogP contribution in [0.2, 0.25) is 0 Å². The molecule has 1 fully saturated rings. The van der Waals surface area contributed by atoms with E-state index in [0.29, 0.717) is 24.3 Å². The van der Waals surface area contributed by atoms with Gasteiger partial charge in [-0.3, -0.25) is 25.2 Å². The fraction of sp³-hybridized carbons (Fsp3) is 0.435. The molecular weight excluding hydrogens is 380 g/mol. The number of hydrogen-bond acceptors (Lipinski definition) is 4. The Morgan fingerprint density at radius 2 is 1.73 bits per heavy atom. The highest BCUT2D eigenvalue weighted by atomic mass is 16.2. The van der Waals surface area contributed by atoms with Gasteiger partial charge in [-0.05, 0) is 30.9 Å². The van der Waals surface area contributed by atoms with E-state index in [0.717, 1.165) is 12.1 Å². The average molecular weight is 411 g/mol. The van der Waals surface area contributed by atoms with Crippen molar-refractivity contribution < 1.29 is 14.4 Å². The van der Waals surface area contributed by atoms with Crippen LogP contribution in [0.25, 0.3) is 0 Å². The molecule has 0 atom stereocenters. The first kappa shape index (κ1) is 21.6. The van der Waals surface area contributed by atoms with E-state index in [1.807, 2.05) is 36.4 Å². The molecule has 7 heteroatoms. The summed E-state index contributed by atoms with van der Waals surface area (Å²) in [5.41, 5.74) is 6.20. The molecule has 3 N–H and O–H groups in total. The van der Waals surface area contributed by atoms with Gasteiger partial charge in [0, 0.05) is 30.1 Å². The average Bonchev–Trinajstić information content (AvgIpc) is 2.77. The number of hydrogen-bond donors (Lipinski definition) is 3. The van der Waals surface area contributed by atoms with Crippen LogP contribution in [-0.4, -0.2) is 29.2 Å². The summed E-state index contributed by atoms with van der Waals surface area (Å²) in [4.78, 5) is 38.3. The van der Waals surface area contributed by atoms with Crippen molar-refractivity contribution in [3.8, 4) is 0 Å². The number of amides is 3. The number of carbonyl (C=O) groups is 3. The fourth-order valence-corrected chi connectivity index (χ4v) is 3.83.